The van der Waals surface area contributed by atoms with Crippen LogP contribution in [0.4, 0.5) is 0 Å². The molecule has 0 aromatic heterocycles. The number of aldehydes is 1. The first-order valence-electron chi connectivity index (χ1n) is 7.18. The SMILES string of the molecule is O=CC[C@@H]1[C@H](CC=CCCCC(=O)O)[C@@H]2CC[C@H]1S2. The van der Waals surface area contributed by atoms with Crippen LogP contribution in [0, 0.1) is 11.8 Å². The molecule has 4 heteroatoms. The predicted molar refractivity (Wildman–Crippen MR) is 77.3 cm³/mol. The van der Waals surface area contributed by atoms with Gasteiger partial charge in [0.2, 0.25) is 0 Å². The molecule has 2 saturated heterocycles. The molecule has 106 valence electrons. The number of hydrogen-bond donors (Lipinski definition) is 1. The first-order valence-corrected chi connectivity index (χ1v) is 8.12. The van der Waals surface area contributed by atoms with Crippen molar-refractivity contribution in [2.75, 3.05) is 0 Å². The quantitative estimate of drug-likeness (QED) is 0.422. The van der Waals surface area contributed by atoms with Crippen molar-refractivity contribution in [3.8, 4) is 0 Å². The Balaban J connectivity index is 1.73. The fourth-order valence-electron chi connectivity index (χ4n) is 3.38. The number of carboxylic acids is 1. The number of rotatable bonds is 8. The highest BCUT2D eigenvalue weighted by molar-refractivity contribution is 8.01. The van der Waals surface area contributed by atoms with Crippen LogP contribution in [0.15, 0.2) is 12.2 Å². The van der Waals surface area contributed by atoms with E-state index in [1.807, 2.05) is 0 Å². The Labute approximate surface area is 118 Å². The van der Waals surface area contributed by atoms with Crippen molar-refractivity contribution in [3.63, 3.8) is 0 Å². The van der Waals surface area contributed by atoms with Crippen molar-refractivity contribution >= 4 is 24.0 Å². The second kappa shape index (κ2) is 7.13. The fourth-order valence-corrected chi connectivity index (χ4v) is 5.40. The Kier molecular flexibility index (Phi) is 5.49. The van der Waals surface area contributed by atoms with Gasteiger partial charge in [0, 0.05) is 23.3 Å². The van der Waals surface area contributed by atoms with Crippen LogP contribution >= 0.6 is 11.8 Å². The van der Waals surface area contributed by atoms with Gasteiger partial charge in [-0.2, -0.15) is 11.8 Å². The van der Waals surface area contributed by atoms with E-state index in [1.54, 1.807) is 0 Å². The first kappa shape index (κ1) is 14.6. The molecule has 0 unspecified atom stereocenters. The monoisotopic (exact) mass is 282 g/mol. The zero-order valence-electron chi connectivity index (χ0n) is 11.2. The lowest BCUT2D eigenvalue weighted by Gasteiger charge is -2.27. The minimum atomic E-state index is -0.719. The average Bonchev–Trinajstić information content (AvgIpc) is 2.95. The molecule has 2 rings (SSSR count). The van der Waals surface area contributed by atoms with Gasteiger partial charge in [-0.25, -0.2) is 0 Å². The van der Waals surface area contributed by atoms with Crippen LogP contribution in [0.1, 0.15) is 44.9 Å². The van der Waals surface area contributed by atoms with Crippen LogP contribution in [-0.4, -0.2) is 27.9 Å². The van der Waals surface area contributed by atoms with E-state index in [0.29, 0.717) is 23.5 Å². The van der Waals surface area contributed by atoms with E-state index in [9.17, 15) is 9.59 Å². The largest absolute Gasteiger partial charge is 0.481 e. The molecule has 4 atom stereocenters. The van der Waals surface area contributed by atoms with Gasteiger partial charge in [-0.15, -0.1) is 0 Å². The second-order valence-corrected chi connectivity index (χ2v) is 7.00. The summed E-state index contributed by atoms with van der Waals surface area (Å²) in [6.45, 7) is 0. The predicted octanol–water partition coefficient (Wildman–Crippen LogP) is 3.29. The maximum Gasteiger partial charge on any atom is 0.303 e. The molecular weight excluding hydrogens is 260 g/mol. The zero-order valence-corrected chi connectivity index (χ0v) is 12.0. The molecule has 1 N–H and O–H groups in total. The average molecular weight is 282 g/mol. The lowest BCUT2D eigenvalue weighted by Crippen LogP contribution is -2.27. The van der Waals surface area contributed by atoms with Crippen LogP contribution in [0.25, 0.3) is 0 Å². The fraction of sp³-hybridized carbons (Fsp3) is 0.733. The van der Waals surface area contributed by atoms with Crippen molar-refractivity contribution in [2.45, 2.75) is 55.4 Å². The minimum absolute atomic E-state index is 0.252. The van der Waals surface area contributed by atoms with E-state index in [2.05, 4.69) is 23.9 Å². The third kappa shape index (κ3) is 3.85. The molecule has 2 aliphatic heterocycles. The second-order valence-electron chi connectivity index (χ2n) is 5.51. The Morgan fingerprint density at radius 2 is 1.84 bits per heavy atom. The van der Waals surface area contributed by atoms with Crippen LogP contribution in [0.3, 0.4) is 0 Å². The lowest BCUT2D eigenvalue weighted by atomic mass is 9.76. The van der Waals surface area contributed by atoms with Gasteiger partial charge in [-0.1, -0.05) is 12.2 Å². The van der Waals surface area contributed by atoms with E-state index in [1.165, 1.54) is 12.8 Å². The highest BCUT2D eigenvalue weighted by atomic mass is 32.2. The molecule has 0 aromatic rings. The summed E-state index contributed by atoms with van der Waals surface area (Å²) in [7, 11) is 0. The maximum absolute atomic E-state index is 10.8. The van der Waals surface area contributed by atoms with E-state index in [4.69, 9.17) is 5.11 Å². The van der Waals surface area contributed by atoms with E-state index in [0.717, 1.165) is 30.8 Å². The molecular formula is C15H22O3S. The normalized spacial score (nSPS) is 33.1. The summed E-state index contributed by atoms with van der Waals surface area (Å²) in [6.07, 6.45) is 11.6. The molecule has 2 bridgehead atoms. The minimum Gasteiger partial charge on any atom is -0.481 e. The molecule has 2 aliphatic rings. The highest BCUT2D eigenvalue weighted by Crippen LogP contribution is 2.55. The summed E-state index contributed by atoms with van der Waals surface area (Å²) in [4.78, 5) is 21.2. The van der Waals surface area contributed by atoms with Crippen molar-refractivity contribution < 1.29 is 14.7 Å². The first-order chi connectivity index (χ1) is 9.22. The molecule has 2 fully saturated rings. The van der Waals surface area contributed by atoms with E-state index >= 15 is 0 Å². The number of allylic oxidation sites excluding steroid dienone is 2. The summed E-state index contributed by atoms with van der Waals surface area (Å²) in [6, 6.07) is 0. The number of carboxylic acid groups (broad SMARTS) is 1. The van der Waals surface area contributed by atoms with Gasteiger partial charge in [0.15, 0.2) is 0 Å². The summed E-state index contributed by atoms with van der Waals surface area (Å²) in [5.41, 5.74) is 0. The van der Waals surface area contributed by atoms with Gasteiger partial charge < -0.3 is 9.90 Å². The Morgan fingerprint density at radius 1 is 1.16 bits per heavy atom. The molecule has 0 aliphatic carbocycles. The lowest BCUT2D eigenvalue weighted by molar-refractivity contribution is -0.137. The summed E-state index contributed by atoms with van der Waals surface area (Å²) in [5.74, 6) is 0.513. The standard InChI is InChI=1S/C15H22O3S/c16-10-9-12-11(13-7-8-14(12)19-13)5-3-1-2-4-6-15(17)18/h1,3,10-14H,2,4-9H2,(H,17,18)/t11-,12+,13-,14+/m0/s1. The van der Waals surface area contributed by atoms with Crippen molar-refractivity contribution in [1.82, 2.24) is 0 Å². The van der Waals surface area contributed by atoms with Gasteiger partial charge >= 0.3 is 5.97 Å². The van der Waals surface area contributed by atoms with Crippen molar-refractivity contribution in [1.29, 1.82) is 0 Å². The number of fused-ring (bicyclic) bond motifs is 2. The van der Waals surface area contributed by atoms with Gasteiger partial charge in [0.25, 0.3) is 0 Å². The van der Waals surface area contributed by atoms with Gasteiger partial charge in [0.1, 0.15) is 6.29 Å². The van der Waals surface area contributed by atoms with Crippen molar-refractivity contribution in [3.05, 3.63) is 12.2 Å². The third-order valence-corrected chi connectivity index (χ3v) is 6.16. The molecule has 0 spiro atoms. The molecule has 19 heavy (non-hydrogen) atoms. The van der Waals surface area contributed by atoms with Crippen LogP contribution in [-0.2, 0) is 9.59 Å². The molecule has 0 amide bonds. The van der Waals surface area contributed by atoms with Crippen LogP contribution in [0.5, 0.6) is 0 Å². The Hall–Kier alpha value is -0.770. The number of thioether (sulfide) groups is 1. The van der Waals surface area contributed by atoms with Crippen LogP contribution in [0.2, 0.25) is 0 Å². The summed E-state index contributed by atoms with van der Waals surface area (Å²) >= 11 is 2.09. The van der Waals surface area contributed by atoms with E-state index < -0.39 is 5.97 Å². The molecule has 0 saturated carbocycles. The highest BCUT2D eigenvalue weighted by Gasteiger charge is 2.46. The summed E-state index contributed by atoms with van der Waals surface area (Å²) < 4.78 is 0. The number of aliphatic carboxylic acids is 1. The zero-order chi connectivity index (χ0) is 13.7. The van der Waals surface area contributed by atoms with Gasteiger partial charge in [0.05, 0.1) is 0 Å². The number of unbranched alkanes of at least 4 members (excludes halogenated alkanes) is 1. The topological polar surface area (TPSA) is 54.4 Å². The molecule has 0 aromatic carbocycles. The molecule has 3 nitrogen and oxygen atoms in total. The number of hydrogen-bond acceptors (Lipinski definition) is 3. The number of carbonyl (C=O) groups excluding carboxylic acids is 1. The molecule has 0 radical (unpaired) electrons. The van der Waals surface area contributed by atoms with Gasteiger partial charge in [-0.05, 0) is 43.9 Å². The van der Waals surface area contributed by atoms with E-state index in [-0.39, 0.29) is 6.42 Å². The van der Waals surface area contributed by atoms with Crippen LogP contribution < -0.4 is 0 Å². The summed E-state index contributed by atoms with van der Waals surface area (Å²) in [5, 5.41) is 10.0. The maximum atomic E-state index is 10.8. The smallest absolute Gasteiger partial charge is 0.303 e. The number of carbonyl (C=O) groups is 2. The van der Waals surface area contributed by atoms with Gasteiger partial charge in [-0.3, -0.25) is 4.79 Å². The van der Waals surface area contributed by atoms with Crippen molar-refractivity contribution in [2.24, 2.45) is 11.8 Å². The Bertz CT molecular complexity index is 353. The molecule has 2 heterocycles. The Morgan fingerprint density at radius 3 is 2.47 bits per heavy atom. The third-order valence-electron chi connectivity index (χ3n) is 4.30.